The fraction of sp³-hybridized carbons (Fsp3) is 0.480. The molecular formula is C25H33N3O5. The molecule has 0 spiro atoms. The second-order valence-electron chi connectivity index (χ2n) is 8.52. The predicted octanol–water partition coefficient (Wildman–Crippen LogP) is 4.98. The molecule has 0 saturated carbocycles. The third-order valence-electron chi connectivity index (χ3n) is 5.21. The summed E-state index contributed by atoms with van der Waals surface area (Å²) in [5.74, 6) is 0.297. The molecule has 0 fully saturated rings. The molecule has 1 aromatic heterocycles. The first-order chi connectivity index (χ1) is 15.6. The van der Waals surface area contributed by atoms with Crippen LogP contribution in [0.25, 0.3) is 11.3 Å². The van der Waals surface area contributed by atoms with E-state index in [2.05, 4.69) is 31.9 Å². The molecule has 33 heavy (non-hydrogen) atoms. The SMILES string of the molecule is CCn1nc(C)c(C)c1/C(OCOC(=O)OCCOC)=C(\C#N)c1ccc(C(C)(C)C)cc1. The summed E-state index contributed by atoms with van der Waals surface area (Å²) in [6.45, 7) is 12.7. The Labute approximate surface area is 195 Å². The van der Waals surface area contributed by atoms with Crippen molar-refractivity contribution in [1.82, 2.24) is 9.78 Å². The van der Waals surface area contributed by atoms with Crippen molar-refractivity contribution in [3.63, 3.8) is 0 Å². The fourth-order valence-electron chi connectivity index (χ4n) is 3.22. The number of nitrogens with zero attached hydrogens (tertiary/aromatic N) is 3. The lowest BCUT2D eigenvalue weighted by Crippen LogP contribution is -2.14. The van der Waals surface area contributed by atoms with Crippen LogP contribution in [0.5, 0.6) is 0 Å². The number of aromatic nitrogens is 2. The van der Waals surface area contributed by atoms with Gasteiger partial charge in [-0.25, -0.2) is 4.79 Å². The highest BCUT2D eigenvalue weighted by Gasteiger charge is 2.23. The van der Waals surface area contributed by atoms with Crippen LogP contribution >= 0.6 is 0 Å². The molecule has 0 saturated heterocycles. The van der Waals surface area contributed by atoms with Gasteiger partial charge in [-0.2, -0.15) is 10.4 Å². The molecule has 0 bridgehead atoms. The van der Waals surface area contributed by atoms with Crippen molar-refractivity contribution in [1.29, 1.82) is 5.26 Å². The van der Waals surface area contributed by atoms with Crippen molar-refractivity contribution in [3.8, 4) is 6.07 Å². The maximum absolute atomic E-state index is 11.8. The van der Waals surface area contributed by atoms with E-state index in [0.29, 0.717) is 29.1 Å². The van der Waals surface area contributed by atoms with Gasteiger partial charge in [0.05, 0.1) is 12.3 Å². The predicted molar refractivity (Wildman–Crippen MR) is 125 cm³/mol. The van der Waals surface area contributed by atoms with Crippen LogP contribution in [0.15, 0.2) is 24.3 Å². The second-order valence-corrected chi connectivity index (χ2v) is 8.52. The lowest BCUT2D eigenvalue weighted by atomic mass is 9.86. The van der Waals surface area contributed by atoms with Gasteiger partial charge >= 0.3 is 6.16 Å². The van der Waals surface area contributed by atoms with Gasteiger partial charge < -0.3 is 18.9 Å². The zero-order valence-corrected chi connectivity index (χ0v) is 20.5. The van der Waals surface area contributed by atoms with E-state index in [0.717, 1.165) is 16.8 Å². The zero-order valence-electron chi connectivity index (χ0n) is 20.5. The van der Waals surface area contributed by atoms with Crippen LogP contribution in [0.2, 0.25) is 0 Å². The molecule has 0 amide bonds. The molecule has 178 valence electrons. The number of carbonyl (C=O) groups is 1. The molecule has 0 unspecified atom stereocenters. The summed E-state index contributed by atoms with van der Waals surface area (Å²) >= 11 is 0. The first-order valence-electron chi connectivity index (χ1n) is 10.8. The third kappa shape index (κ3) is 6.59. The Balaban J connectivity index is 2.46. The van der Waals surface area contributed by atoms with Crippen LogP contribution in [-0.4, -0.2) is 43.1 Å². The molecule has 0 N–H and O–H groups in total. The van der Waals surface area contributed by atoms with E-state index in [-0.39, 0.29) is 18.6 Å². The number of hydrogen-bond donors (Lipinski definition) is 0. The highest BCUT2D eigenvalue weighted by molar-refractivity contribution is 5.94. The summed E-state index contributed by atoms with van der Waals surface area (Å²) in [5.41, 5.74) is 4.54. The van der Waals surface area contributed by atoms with Crippen molar-refractivity contribution in [2.45, 2.75) is 53.5 Å². The average molecular weight is 456 g/mol. The molecule has 0 aliphatic carbocycles. The van der Waals surface area contributed by atoms with E-state index in [1.165, 1.54) is 7.11 Å². The van der Waals surface area contributed by atoms with Crippen molar-refractivity contribution < 1.29 is 23.7 Å². The normalized spacial score (nSPS) is 12.1. The Kier molecular flexibility index (Phi) is 9.06. The summed E-state index contributed by atoms with van der Waals surface area (Å²) in [4.78, 5) is 11.8. The molecule has 0 atom stereocenters. The largest absolute Gasteiger partial charge is 0.511 e. The van der Waals surface area contributed by atoms with Crippen LogP contribution in [0, 0.1) is 25.2 Å². The Morgan fingerprint density at radius 1 is 1.09 bits per heavy atom. The summed E-state index contributed by atoms with van der Waals surface area (Å²) in [6, 6.07) is 10.1. The van der Waals surface area contributed by atoms with Crippen LogP contribution in [0.3, 0.4) is 0 Å². The van der Waals surface area contributed by atoms with Gasteiger partial charge in [0.15, 0.2) is 5.76 Å². The van der Waals surface area contributed by atoms with E-state index < -0.39 is 12.9 Å². The number of ether oxygens (including phenoxy) is 4. The molecule has 1 aromatic carbocycles. The Morgan fingerprint density at radius 2 is 1.76 bits per heavy atom. The van der Waals surface area contributed by atoms with E-state index in [1.807, 2.05) is 45.0 Å². The quantitative estimate of drug-likeness (QED) is 0.173. The number of aryl methyl sites for hydroxylation is 2. The number of allylic oxidation sites excluding steroid dienone is 1. The van der Waals surface area contributed by atoms with Crippen molar-refractivity contribution in [2.24, 2.45) is 0 Å². The Hall–Kier alpha value is -3.31. The minimum atomic E-state index is -0.878. The smallest absolute Gasteiger partial charge is 0.454 e. The van der Waals surface area contributed by atoms with Gasteiger partial charge in [-0.3, -0.25) is 4.68 Å². The maximum Gasteiger partial charge on any atom is 0.511 e. The topological polar surface area (TPSA) is 95.6 Å². The first kappa shape index (κ1) is 25.9. The molecule has 2 rings (SSSR count). The number of methoxy groups -OCH3 is 1. The zero-order chi connectivity index (χ0) is 24.6. The molecule has 0 aliphatic heterocycles. The summed E-state index contributed by atoms with van der Waals surface area (Å²) in [7, 11) is 1.51. The standard InChI is InChI=1S/C25H33N3O5/c1-8-28-22(17(2)18(3)27-28)23(32-16-33-24(29)31-14-13-30-7)21(15-26)19-9-11-20(12-10-19)25(4,5)6/h9-12H,8,13-14,16H2,1-7H3/b23-21-. The number of nitriles is 1. The van der Waals surface area contributed by atoms with Crippen molar-refractivity contribution in [2.75, 3.05) is 27.1 Å². The van der Waals surface area contributed by atoms with Crippen LogP contribution in [0.1, 0.15) is 55.8 Å². The highest BCUT2D eigenvalue weighted by Crippen LogP contribution is 2.32. The van der Waals surface area contributed by atoms with Crippen LogP contribution in [0.4, 0.5) is 4.79 Å². The van der Waals surface area contributed by atoms with Crippen molar-refractivity contribution >= 4 is 17.5 Å². The van der Waals surface area contributed by atoms with Gasteiger partial charge in [0, 0.05) is 19.2 Å². The molecular weight excluding hydrogens is 422 g/mol. The number of hydrogen-bond acceptors (Lipinski definition) is 7. The number of benzene rings is 1. The lowest BCUT2D eigenvalue weighted by molar-refractivity contribution is -0.0130. The van der Waals surface area contributed by atoms with Gasteiger partial charge in [-0.1, -0.05) is 45.0 Å². The maximum atomic E-state index is 11.8. The highest BCUT2D eigenvalue weighted by atomic mass is 16.8. The second kappa shape index (κ2) is 11.5. The Bertz CT molecular complexity index is 1020. The molecule has 8 nitrogen and oxygen atoms in total. The summed E-state index contributed by atoms with van der Waals surface area (Å²) < 4.78 is 22.4. The van der Waals surface area contributed by atoms with E-state index in [4.69, 9.17) is 18.9 Å². The molecule has 2 aromatic rings. The van der Waals surface area contributed by atoms with Crippen LogP contribution in [-0.2, 0) is 30.9 Å². The van der Waals surface area contributed by atoms with Crippen molar-refractivity contribution in [3.05, 3.63) is 52.3 Å². The summed E-state index contributed by atoms with van der Waals surface area (Å²) in [6.07, 6.45) is -0.878. The number of rotatable bonds is 9. The number of carbonyl (C=O) groups excluding carboxylic acids is 1. The summed E-state index contributed by atoms with van der Waals surface area (Å²) in [5, 5.41) is 14.6. The van der Waals surface area contributed by atoms with Gasteiger partial charge in [0.25, 0.3) is 0 Å². The first-order valence-corrected chi connectivity index (χ1v) is 10.8. The van der Waals surface area contributed by atoms with Gasteiger partial charge in [-0.05, 0) is 37.3 Å². The van der Waals surface area contributed by atoms with Gasteiger partial charge in [0.2, 0.25) is 6.79 Å². The molecule has 0 aliphatic rings. The minimum Gasteiger partial charge on any atom is -0.454 e. The Morgan fingerprint density at radius 3 is 2.30 bits per heavy atom. The lowest BCUT2D eigenvalue weighted by Gasteiger charge is -2.19. The fourth-order valence-corrected chi connectivity index (χ4v) is 3.22. The minimum absolute atomic E-state index is 0.0140. The molecule has 0 radical (unpaired) electrons. The van der Waals surface area contributed by atoms with Crippen LogP contribution < -0.4 is 0 Å². The molecule has 1 heterocycles. The van der Waals surface area contributed by atoms with E-state index in [1.54, 1.807) is 4.68 Å². The van der Waals surface area contributed by atoms with E-state index in [9.17, 15) is 10.1 Å². The third-order valence-corrected chi connectivity index (χ3v) is 5.21. The van der Waals surface area contributed by atoms with Gasteiger partial charge in [0.1, 0.15) is 23.9 Å². The monoisotopic (exact) mass is 455 g/mol. The van der Waals surface area contributed by atoms with E-state index >= 15 is 0 Å². The molecule has 8 heteroatoms. The van der Waals surface area contributed by atoms with Gasteiger partial charge in [-0.15, -0.1) is 0 Å². The average Bonchev–Trinajstić information content (AvgIpc) is 3.06.